The minimum Gasteiger partial charge on any atom is -0.356 e. The third-order valence-corrected chi connectivity index (χ3v) is 4.15. The highest BCUT2D eigenvalue weighted by Crippen LogP contribution is 2.12. The van der Waals surface area contributed by atoms with Crippen molar-refractivity contribution in [2.75, 3.05) is 19.6 Å². The number of hydrogen-bond acceptors (Lipinski definition) is 6. The molecule has 0 aromatic carbocycles. The van der Waals surface area contributed by atoms with Crippen molar-refractivity contribution in [2.24, 2.45) is 0 Å². The summed E-state index contributed by atoms with van der Waals surface area (Å²) in [6.07, 6.45) is 2.18. The molecular weight excluding hydrogens is 338 g/mol. The topological polar surface area (TPSA) is 136 Å². The Kier molecular flexibility index (Phi) is 5.74. The smallest absolute Gasteiger partial charge is 0.340 e. The van der Waals surface area contributed by atoms with Crippen molar-refractivity contribution in [2.45, 2.75) is 25.4 Å². The second-order valence-corrected chi connectivity index (χ2v) is 6.03. The van der Waals surface area contributed by atoms with E-state index in [2.05, 4.69) is 30.8 Å². The first kappa shape index (κ1) is 17.8. The van der Waals surface area contributed by atoms with Gasteiger partial charge in [-0.15, -0.1) is 0 Å². The van der Waals surface area contributed by atoms with Gasteiger partial charge in [-0.3, -0.25) is 24.5 Å². The zero-order valence-corrected chi connectivity index (χ0v) is 14.2. The third-order valence-electron chi connectivity index (χ3n) is 4.15. The van der Waals surface area contributed by atoms with Crippen molar-refractivity contribution in [1.82, 2.24) is 35.7 Å². The predicted octanol–water partition coefficient (Wildman–Crippen LogP) is -1.46. The number of aromatic amines is 2. The van der Waals surface area contributed by atoms with Gasteiger partial charge in [0.15, 0.2) is 0 Å². The van der Waals surface area contributed by atoms with E-state index in [0.717, 1.165) is 5.69 Å². The molecule has 10 nitrogen and oxygen atoms in total. The third kappa shape index (κ3) is 4.76. The van der Waals surface area contributed by atoms with Gasteiger partial charge in [0.2, 0.25) is 11.8 Å². The van der Waals surface area contributed by atoms with Crippen molar-refractivity contribution in [1.29, 1.82) is 0 Å². The van der Waals surface area contributed by atoms with Crippen molar-refractivity contribution >= 4 is 11.8 Å². The maximum Gasteiger partial charge on any atom is 0.340 e. The molecule has 26 heavy (non-hydrogen) atoms. The standard InChI is InChI=1S/C16H21N7O3/c24-14(18-6-4-13-20-16(26)22-21-13)9-12-15(25)19-7-8-23(12)10-11-3-1-2-5-17-11/h1-3,5,12H,4,6-10H2,(H,18,24)(H,19,25)(H2,20,21,22,26)/t12-/m0/s1. The van der Waals surface area contributed by atoms with Gasteiger partial charge in [-0.1, -0.05) is 6.07 Å². The van der Waals surface area contributed by atoms with Crippen molar-refractivity contribution in [3.63, 3.8) is 0 Å². The van der Waals surface area contributed by atoms with E-state index in [-0.39, 0.29) is 23.9 Å². The van der Waals surface area contributed by atoms with Crippen molar-refractivity contribution in [3.05, 3.63) is 46.4 Å². The lowest BCUT2D eigenvalue weighted by Crippen LogP contribution is -2.56. The second kappa shape index (κ2) is 8.39. The molecule has 0 bridgehead atoms. The molecule has 10 heteroatoms. The summed E-state index contributed by atoms with van der Waals surface area (Å²) >= 11 is 0. The van der Waals surface area contributed by atoms with Crippen LogP contribution in [0.4, 0.5) is 0 Å². The quantitative estimate of drug-likeness (QED) is 0.477. The maximum atomic E-state index is 12.2. The molecule has 3 heterocycles. The monoisotopic (exact) mass is 359 g/mol. The van der Waals surface area contributed by atoms with Crippen LogP contribution in [0.2, 0.25) is 0 Å². The van der Waals surface area contributed by atoms with Crippen molar-refractivity contribution < 1.29 is 9.59 Å². The van der Waals surface area contributed by atoms with Crippen LogP contribution in [0, 0.1) is 0 Å². The largest absolute Gasteiger partial charge is 0.356 e. The van der Waals surface area contributed by atoms with Gasteiger partial charge < -0.3 is 10.6 Å². The molecule has 1 aliphatic rings. The first-order chi connectivity index (χ1) is 12.6. The molecule has 2 aromatic rings. The maximum absolute atomic E-state index is 12.2. The number of nitrogens with one attached hydrogen (secondary N) is 4. The minimum atomic E-state index is -0.532. The fourth-order valence-electron chi connectivity index (χ4n) is 2.86. The van der Waals surface area contributed by atoms with Gasteiger partial charge in [-0.05, 0) is 12.1 Å². The van der Waals surface area contributed by atoms with E-state index in [1.165, 1.54) is 0 Å². The van der Waals surface area contributed by atoms with E-state index in [0.29, 0.717) is 38.4 Å². The Labute approximate surface area is 149 Å². The van der Waals surface area contributed by atoms with Gasteiger partial charge >= 0.3 is 5.69 Å². The van der Waals surface area contributed by atoms with Crippen LogP contribution in [0.25, 0.3) is 0 Å². The molecule has 138 valence electrons. The van der Waals surface area contributed by atoms with Crippen molar-refractivity contribution in [3.8, 4) is 0 Å². The molecule has 3 rings (SSSR count). The highest BCUT2D eigenvalue weighted by Gasteiger charge is 2.31. The van der Waals surface area contributed by atoms with E-state index in [1.807, 2.05) is 23.1 Å². The van der Waals surface area contributed by atoms with Crippen LogP contribution in [0.3, 0.4) is 0 Å². The Morgan fingerprint density at radius 2 is 2.23 bits per heavy atom. The summed E-state index contributed by atoms with van der Waals surface area (Å²) in [6.45, 7) is 2.06. The van der Waals surface area contributed by atoms with Crippen LogP contribution in [0.5, 0.6) is 0 Å². The van der Waals surface area contributed by atoms with Gasteiger partial charge in [0.1, 0.15) is 5.82 Å². The molecule has 1 aliphatic heterocycles. The number of hydrogen-bond donors (Lipinski definition) is 4. The van der Waals surface area contributed by atoms with Crippen LogP contribution in [0.15, 0.2) is 29.2 Å². The Morgan fingerprint density at radius 3 is 2.96 bits per heavy atom. The number of aromatic nitrogens is 4. The second-order valence-electron chi connectivity index (χ2n) is 6.03. The Morgan fingerprint density at radius 1 is 1.35 bits per heavy atom. The lowest BCUT2D eigenvalue weighted by molar-refractivity contribution is -0.134. The summed E-state index contributed by atoms with van der Waals surface area (Å²) in [6, 6.07) is 5.10. The number of H-pyrrole nitrogens is 2. The lowest BCUT2D eigenvalue weighted by Gasteiger charge is -2.34. The molecule has 1 atom stereocenters. The normalized spacial score (nSPS) is 17.7. The minimum absolute atomic E-state index is 0.0652. The number of piperazine rings is 1. The highest BCUT2D eigenvalue weighted by molar-refractivity contribution is 5.88. The molecule has 0 unspecified atom stereocenters. The van der Waals surface area contributed by atoms with Crippen LogP contribution in [-0.2, 0) is 22.6 Å². The molecule has 1 saturated heterocycles. The molecule has 0 aliphatic carbocycles. The molecule has 0 spiro atoms. The van der Waals surface area contributed by atoms with Gasteiger partial charge in [-0.2, -0.15) is 5.10 Å². The molecule has 0 saturated carbocycles. The SMILES string of the molecule is O=C(C[C@H]1C(=O)NCCN1Cc1ccccn1)NCCc1n[nH]c(=O)[nH]1. The zero-order valence-electron chi connectivity index (χ0n) is 14.2. The highest BCUT2D eigenvalue weighted by atomic mass is 16.2. The Hall–Kier alpha value is -3.01. The Balaban J connectivity index is 1.53. The van der Waals surface area contributed by atoms with E-state index >= 15 is 0 Å². The molecule has 1 fully saturated rings. The van der Waals surface area contributed by atoms with Gasteiger partial charge in [0.05, 0.1) is 18.2 Å². The number of pyridine rings is 1. The number of carbonyl (C=O) groups excluding carboxylic acids is 2. The van der Waals surface area contributed by atoms with E-state index in [9.17, 15) is 14.4 Å². The first-order valence-electron chi connectivity index (χ1n) is 8.44. The first-order valence-corrected chi connectivity index (χ1v) is 8.44. The zero-order chi connectivity index (χ0) is 18.4. The fraction of sp³-hybridized carbons (Fsp3) is 0.438. The summed E-state index contributed by atoms with van der Waals surface area (Å²) in [5, 5.41) is 11.6. The lowest BCUT2D eigenvalue weighted by atomic mass is 10.1. The van der Waals surface area contributed by atoms with E-state index in [4.69, 9.17) is 0 Å². The summed E-state index contributed by atoms with van der Waals surface area (Å²) in [4.78, 5) is 44.2. The van der Waals surface area contributed by atoms with E-state index < -0.39 is 6.04 Å². The summed E-state index contributed by atoms with van der Waals surface area (Å²) in [5.74, 6) is 0.0948. The summed E-state index contributed by atoms with van der Waals surface area (Å²) < 4.78 is 0. The average Bonchev–Trinajstić information content (AvgIpc) is 3.04. The van der Waals surface area contributed by atoms with Crippen LogP contribution in [0.1, 0.15) is 17.9 Å². The molecular formula is C16H21N7O3. The Bertz CT molecular complexity index is 801. The summed E-state index contributed by atoms with van der Waals surface area (Å²) in [5.41, 5.74) is 0.477. The molecule has 0 radical (unpaired) electrons. The van der Waals surface area contributed by atoms with Crippen LogP contribution < -0.4 is 16.3 Å². The van der Waals surface area contributed by atoms with Gasteiger partial charge in [0.25, 0.3) is 0 Å². The van der Waals surface area contributed by atoms with Gasteiger partial charge in [0, 0.05) is 38.8 Å². The number of rotatable bonds is 7. The number of nitrogens with zero attached hydrogens (tertiary/aromatic N) is 3. The molecule has 4 N–H and O–H groups in total. The summed E-state index contributed by atoms with van der Waals surface area (Å²) in [7, 11) is 0. The van der Waals surface area contributed by atoms with Crippen LogP contribution >= 0.6 is 0 Å². The molecule has 2 amide bonds. The number of carbonyl (C=O) groups is 2. The molecule has 2 aromatic heterocycles. The van der Waals surface area contributed by atoms with E-state index in [1.54, 1.807) is 6.20 Å². The average molecular weight is 359 g/mol. The van der Waals surface area contributed by atoms with Crippen LogP contribution in [-0.4, -0.2) is 62.6 Å². The number of amides is 2. The predicted molar refractivity (Wildman–Crippen MR) is 92.0 cm³/mol. The van der Waals surface area contributed by atoms with Gasteiger partial charge in [-0.25, -0.2) is 9.89 Å². The fourth-order valence-corrected chi connectivity index (χ4v) is 2.86.